The molecule has 4 rings (SSSR count). The zero-order valence-corrected chi connectivity index (χ0v) is 22.5. The fourth-order valence-electron chi connectivity index (χ4n) is 4.78. The molecule has 202 valence electrons. The maximum absolute atomic E-state index is 14.7. The monoisotopic (exact) mass is 521 g/mol. The lowest BCUT2D eigenvalue weighted by molar-refractivity contribution is 0.0138. The number of halogens is 1. The van der Waals surface area contributed by atoms with Crippen molar-refractivity contribution in [1.82, 2.24) is 15.1 Å². The molecule has 0 radical (unpaired) electrons. The molecule has 1 saturated carbocycles. The summed E-state index contributed by atoms with van der Waals surface area (Å²) in [6.45, 7) is 9.94. The highest BCUT2D eigenvalue weighted by Gasteiger charge is 2.36. The summed E-state index contributed by atoms with van der Waals surface area (Å²) in [5.41, 5.74) is 2.21. The topological polar surface area (TPSA) is 94.1 Å². The first-order valence-electron chi connectivity index (χ1n) is 13.1. The van der Waals surface area contributed by atoms with Gasteiger partial charge < -0.3 is 15.5 Å². The van der Waals surface area contributed by atoms with Crippen LogP contribution in [0.3, 0.4) is 0 Å². The summed E-state index contributed by atoms with van der Waals surface area (Å²) < 4.78 is 14.7. The van der Waals surface area contributed by atoms with Crippen LogP contribution in [0.1, 0.15) is 73.2 Å². The van der Waals surface area contributed by atoms with Crippen LogP contribution >= 0.6 is 0 Å². The van der Waals surface area contributed by atoms with Gasteiger partial charge in [-0.2, -0.15) is 0 Å². The van der Waals surface area contributed by atoms with E-state index in [1.165, 1.54) is 12.1 Å². The smallest absolute Gasteiger partial charge is 0.319 e. The van der Waals surface area contributed by atoms with E-state index in [0.29, 0.717) is 37.5 Å². The lowest BCUT2D eigenvalue weighted by Crippen LogP contribution is -2.59. The molecule has 1 aliphatic carbocycles. The van der Waals surface area contributed by atoms with Crippen molar-refractivity contribution in [2.24, 2.45) is 4.99 Å². The Bertz CT molecular complexity index is 1250. The molecule has 4 amide bonds. The van der Waals surface area contributed by atoms with Gasteiger partial charge in [0.1, 0.15) is 5.82 Å². The Morgan fingerprint density at radius 1 is 1.05 bits per heavy atom. The van der Waals surface area contributed by atoms with Crippen molar-refractivity contribution in [3.05, 3.63) is 65.0 Å². The summed E-state index contributed by atoms with van der Waals surface area (Å²) in [5.74, 6) is -1.15. The number of anilines is 1. The van der Waals surface area contributed by atoms with Crippen molar-refractivity contribution in [3.8, 4) is 0 Å². The Morgan fingerprint density at radius 3 is 2.45 bits per heavy atom. The zero-order valence-electron chi connectivity index (χ0n) is 22.5. The van der Waals surface area contributed by atoms with Crippen molar-refractivity contribution < 1.29 is 18.8 Å². The normalized spacial score (nSPS) is 17.3. The van der Waals surface area contributed by atoms with Gasteiger partial charge >= 0.3 is 6.03 Å². The van der Waals surface area contributed by atoms with Crippen LogP contribution in [-0.2, 0) is 6.54 Å². The van der Waals surface area contributed by atoms with Crippen LogP contribution in [0.4, 0.5) is 14.9 Å². The third-order valence-electron chi connectivity index (χ3n) is 7.14. The number of amides is 4. The molecule has 0 bridgehead atoms. The van der Waals surface area contributed by atoms with E-state index < -0.39 is 11.8 Å². The van der Waals surface area contributed by atoms with Crippen LogP contribution in [-0.4, -0.2) is 64.6 Å². The molecule has 1 aliphatic heterocycles. The highest BCUT2D eigenvalue weighted by atomic mass is 19.1. The molecule has 1 saturated heterocycles. The molecule has 0 spiro atoms. The fourth-order valence-corrected chi connectivity index (χ4v) is 4.78. The van der Waals surface area contributed by atoms with E-state index in [2.05, 4.69) is 34.4 Å². The largest absolute Gasteiger partial charge is 0.336 e. The van der Waals surface area contributed by atoms with E-state index >= 15 is 0 Å². The number of carbonyl (C=O) groups is 3. The third-order valence-corrected chi connectivity index (χ3v) is 7.14. The molecule has 2 N–H and O–H groups in total. The van der Waals surface area contributed by atoms with Gasteiger partial charge in [-0.3, -0.25) is 14.5 Å². The molecule has 1 heterocycles. The van der Waals surface area contributed by atoms with Crippen molar-refractivity contribution in [2.45, 2.75) is 65.1 Å². The van der Waals surface area contributed by atoms with Gasteiger partial charge in [0, 0.05) is 54.6 Å². The lowest BCUT2D eigenvalue weighted by Gasteiger charge is -2.47. The number of piperazine rings is 1. The quantitative estimate of drug-likeness (QED) is 0.531. The minimum Gasteiger partial charge on any atom is -0.336 e. The average molecular weight is 522 g/mol. The first-order valence-corrected chi connectivity index (χ1v) is 13.1. The summed E-state index contributed by atoms with van der Waals surface area (Å²) in [7, 11) is 0. The van der Waals surface area contributed by atoms with Gasteiger partial charge in [-0.1, -0.05) is 12.1 Å². The molecule has 0 atom stereocenters. The van der Waals surface area contributed by atoms with Gasteiger partial charge in [0.25, 0.3) is 11.8 Å². The standard InChI is InChI=1S/C29H36FN5O3/c1-19(2)31-26(36)21-8-5-7-20(15-21)17-35-14-13-34(18-29(35,3)4)27(37)22-11-12-25(24(30)16-22)33-28(38)32-23-9-6-10-23/h5,7-8,11-12,15-16,23H,6,9-10,13-14,17-18H2,1-4H3,(H2,32,33,38). The molecule has 8 nitrogen and oxygen atoms in total. The Morgan fingerprint density at radius 2 is 1.82 bits per heavy atom. The van der Waals surface area contributed by atoms with E-state index in [-0.39, 0.29) is 34.6 Å². The van der Waals surface area contributed by atoms with Gasteiger partial charge in [0.15, 0.2) is 0 Å². The van der Waals surface area contributed by atoms with Crippen LogP contribution in [0.15, 0.2) is 47.5 Å². The summed E-state index contributed by atoms with van der Waals surface area (Å²) in [5, 5.41) is 5.34. The number of hydrogen-bond acceptors (Lipinski definition) is 4. The molecule has 0 aromatic heterocycles. The van der Waals surface area contributed by atoms with Crippen molar-refractivity contribution in [3.63, 3.8) is 0 Å². The number of aliphatic imine (C=N–C) groups is 1. The predicted octanol–water partition coefficient (Wildman–Crippen LogP) is 4.86. The number of carbonyl (C=O) groups excluding carboxylic acids is 3. The van der Waals surface area contributed by atoms with E-state index in [9.17, 15) is 18.8 Å². The molecule has 2 aromatic carbocycles. The molecule has 2 fully saturated rings. The maximum atomic E-state index is 14.7. The van der Waals surface area contributed by atoms with Gasteiger partial charge in [-0.15, -0.1) is 0 Å². The molecular weight excluding hydrogens is 485 g/mol. The number of nitrogens with one attached hydrogen (secondary N) is 2. The lowest BCUT2D eigenvalue weighted by atomic mass is 9.93. The summed E-state index contributed by atoms with van der Waals surface area (Å²) in [6, 6.07) is 11.4. The molecule has 2 aliphatic rings. The predicted molar refractivity (Wildman–Crippen MR) is 146 cm³/mol. The van der Waals surface area contributed by atoms with Crippen molar-refractivity contribution in [1.29, 1.82) is 0 Å². The second-order valence-corrected chi connectivity index (χ2v) is 10.9. The molecule has 9 heteroatoms. The Hall–Kier alpha value is -3.59. The Kier molecular flexibility index (Phi) is 8.26. The van der Waals surface area contributed by atoms with Crippen LogP contribution in [0.2, 0.25) is 0 Å². The van der Waals surface area contributed by atoms with Crippen molar-refractivity contribution >= 4 is 29.2 Å². The van der Waals surface area contributed by atoms with Gasteiger partial charge in [-0.05, 0) is 82.9 Å². The number of urea groups is 1. The van der Waals surface area contributed by atoms with E-state index in [1.54, 1.807) is 30.9 Å². The number of rotatable bonds is 6. The van der Waals surface area contributed by atoms with Gasteiger partial charge in [0.05, 0.1) is 5.69 Å². The van der Waals surface area contributed by atoms with Gasteiger partial charge in [0.2, 0.25) is 0 Å². The maximum Gasteiger partial charge on any atom is 0.319 e. The first-order chi connectivity index (χ1) is 18.0. The highest BCUT2D eigenvalue weighted by molar-refractivity contribution is 6.02. The Labute approximate surface area is 223 Å². The number of nitrogens with zero attached hydrogens (tertiary/aromatic N) is 3. The fraction of sp³-hybridized carbons (Fsp3) is 0.448. The van der Waals surface area contributed by atoms with Crippen LogP contribution in [0.5, 0.6) is 0 Å². The van der Waals surface area contributed by atoms with Gasteiger partial charge in [-0.25, -0.2) is 14.2 Å². The van der Waals surface area contributed by atoms with Crippen LogP contribution in [0, 0.1) is 5.82 Å². The second kappa shape index (κ2) is 11.4. The van der Waals surface area contributed by atoms with E-state index in [4.69, 9.17) is 0 Å². The minimum atomic E-state index is -0.644. The summed E-state index contributed by atoms with van der Waals surface area (Å²) >= 11 is 0. The summed E-state index contributed by atoms with van der Waals surface area (Å²) in [6.07, 6.45) is 2.96. The summed E-state index contributed by atoms with van der Waals surface area (Å²) in [4.78, 5) is 45.7. The second-order valence-electron chi connectivity index (χ2n) is 10.9. The minimum absolute atomic E-state index is 0.0454. The molecule has 2 aromatic rings. The van der Waals surface area contributed by atoms with Crippen molar-refractivity contribution in [2.75, 3.05) is 25.0 Å². The van der Waals surface area contributed by atoms with Crippen LogP contribution < -0.4 is 10.6 Å². The SMILES string of the molecule is CC(C)=NC(=O)c1cccc(CN2CCN(C(=O)c3ccc(NC(=O)NC4CCC4)c(F)c3)CC2(C)C)c1. The highest BCUT2D eigenvalue weighted by Crippen LogP contribution is 2.26. The van der Waals surface area contributed by atoms with E-state index in [0.717, 1.165) is 24.8 Å². The molecule has 38 heavy (non-hydrogen) atoms. The average Bonchev–Trinajstić information content (AvgIpc) is 2.83. The zero-order chi connectivity index (χ0) is 27.4. The van der Waals surface area contributed by atoms with E-state index in [1.807, 2.05) is 18.2 Å². The molecule has 0 unspecified atom stereocenters. The third kappa shape index (κ3) is 6.64. The number of benzene rings is 2. The molecular formula is C29H36FN5O3. The van der Waals surface area contributed by atoms with Crippen LogP contribution in [0.25, 0.3) is 0 Å². The Balaban J connectivity index is 1.37. The number of hydrogen-bond donors (Lipinski definition) is 2. The first kappa shape index (κ1) is 27.4.